The van der Waals surface area contributed by atoms with Crippen molar-refractivity contribution in [3.05, 3.63) is 12.4 Å². The minimum Gasteiger partial charge on any atom is -0.478 e. The highest BCUT2D eigenvalue weighted by molar-refractivity contribution is 5.37. The zero-order chi connectivity index (χ0) is 13.4. The summed E-state index contributed by atoms with van der Waals surface area (Å²) in [5, 5.41) is 3.38. The molecule has 102 valence electrons. The molecule has 1 unspecified atom stereocenters. The average molecular weight is 251 g/mol. The molecule has 0 bridgehead atoms. The zero-order valence-electron chi connectivity index (χ0n) is 11.9. The monoisotopic (exact) mass is 251 g/mol. The van der Waals surface area contributed by atoms with Gasteiger partial charge in [0.1, 0.15) is 12.1 Å². The highest BCUT2D eigenvalue weighted by atomic mass is 16.5. The number of anilines is 1. The fourth-order valence-electron chi connectivity index (χ4n) is 1.80. The van der Waals surface area contributed by atoms with E-state index in [9.17, 15) is 0 Å². The number of nitrogens with one attached hydrogen (secondary N) is 1. The summed E-state index contributed by atoms with van der Waals surface area (Å²) < 4.78 is 5.35. The molecule has 0 spiro atoms. The van der Waals surface area contributed by atoms with Gasteiger partial charge < -0.3 is 10.1 Å². The van der Waals surface area contributed by atoms with Crippen molar-refractivity contribution in [2.75, 3.05) is 11.9 Å². The topological polar surface area (TPSA) is 47.0 Å². The van der Waals surface area contributed by atoms with Crippen LogP contribution in [0.2, 0.25) is 0 Å². The van der Waals surface area contributed by atoms with Crippen molar-refractivity contribution in [2.45, 2.75) is 53.0 Å². The second kappa shape index (κ2) is 7.90. The highest BCUT2D eigenvalue weighted by Crippen LogP contribution is 2.14. The first kappa shape index (κ1) is 14.7. The van der Waals surface area contributed by atoms with E-state index in [0.717, 1.165) is 18.2 Å². The van der Waals surface area contributed by atoms with Gasteiger partial charge in [0.2, 0.25) is 5.88 Å². The van der Waals surface area contributed by atoms with Gasteiger partial charge in [-0.05, 0) is 26.2 Å². The van der Waals surface area contributed by atoms with Gasteiger partial charge in [0, 0.05) is 12.1 Å². The van der Waals surface area contributed by atoms with Crippen LogP contribution >= 0.6 is 0 Å². The summed E-state index contributed by atoms with van der Waals surface area (Å²) in [5.41, 5.74) is 0. The number of ether oxygens (including phenoxy) is 1. The van der Waals surface area contributed by atoms with Crippen LogP contribution in [0.25, 0.3) is 0 Å². The van der Waals surface area contributed by atoms with E-state index in [0.29, 0.717) is 18.5 Å². The van der Waals surface area contributed by atoms with Crippen LogP contribution in [0.4, 0.5) is 5.82 Å². The summed E-state index contributed by atoms with van der Waals surface area (Å²) in [7, 11) is 0. The molecule has 0 aliphatic carbocycles. The maximum atomic E-state index is 5.35. The second-order valence-corrected chi connectivity index (χ2v) is 5.04. The molecule has 1 N–H and O–H groups in total. The smallest absolute Gasteiger partial charge is 0.218 e. The van der Waals surface area contributed by atoms with Crippen molar-refractivity contribution in [3.8, 4) is 5.88 Å². The summed E-state index contributed by atoms with van der Waals surface area (Å²) in [6.07, 6.45) is 5.22. The minimum absolute atomic E-state index is 0.424. The maximum Gasteiger partial charge on any atom is 0.218 e. The third-order valence-electron chi connectivity index (χ3n) is 2.75. The highest BCUT2D eigenvalue weighted by Gasteiger charge is 2.05. The fraction of sp³-hybridized carbons (Fsp3) is 0.714. The van der Waals surface area contributed by atoms with Crippen LogP contribution < -0.4 is 10.1 Å². The first-order valence-electron chi connectivity index (χ1n) is 6.83. The second-order valence-electron chi connectivity index (χ2n) is 5.04. The lowest BCUT2D eigenvalue weighted by molar-refractivity contribution is 0.326. The van der Waals surface area contributed by atoms with E-state index < -0.39 is 0 Å². The summed E-state index contributed by atoms with van der Waals surface area (Å²) in [6, 6.07) is 2.27. The SMILES string of the molecule is CCOc1cc(NC(C)CCCC(C)C)ncn1. The lowest BCUT2D eigenvalue weighted by atomic mass is 10.0. The van der Waals surface area contributed by atoms with Crippen LogP contribution in [0.15, 0.2) is 12.4 Å². The number of hydrogen-bond donors (Lipinski definition) is 1. The van der Waals surface area contributed by atoms with Crippen molar-refractivity contribution in [1.82, 2.24) is 9.97 Å². The molecule has 1 aromatic rings. The van der Waals surface area contributed by atoms with Crippen LogP contribution in [-0.2, 0) is 0 Å². The molecule has 0 amide bonds. The third-order valence-corrected chi connectivity index (χ3v) is 2.75. The van der Waals surface area contributed by atoms with E-state index in [4.69, 9.17) is 4.74 Å². The molecule has 0 fully saturated rings. The van der Waals surface area contributed by atoms with Crippen molar-refractivity contribution in [3.63, 3.8) is 0 Å². The number of hydrogen-bond acceptors (Lipinski definition) is 4. The molecule has 1 rings (SSSR count). The fourth-order valence-corrected chi connectivity index (χ4v) is 1.80. The van der Waals surface area contributed by atoms with Crippen LogP contribution in [0, 0.1) is 5.92 Å². The molecular weight excluding hydrogens is 226 g/mol. The standard InChI is InChI=1S/C14H25N3O/c1-5-18-14-9-13(15-10-16-14)17-12(4)8-6-7-11(2)3/h9-12H,5-8H2,1-4H3,(H,15,16,17). The summed E-state index contributed by atoms with van der Waals surface area (Å²) in [4.78, 5) is 8.25. The lowest BCUT2D eigenvalue weighted by Crippen LogP contribution is -2.16. The van der Waals surface area contributed by atoms with E-state index in [-0.39, 0.29) is 0 Å². The van der Waals surface area contributed by atoms with Crippen molar-refractivity contribution in [1.29, 1.82) is 0 Å². The largest absolute Gasteiger partial charge is 0.478 e. The van der Waals surface area contributed by atoms with E-state index in [1.807, 2.05) is 13.0 Å². The van der Waals surface area contributed by atoms with E-state index in [1.165, 1.54) is 19.2 Å². The van der Waals surface area contributed by atoms with E-state index >= 15 is 0 Å². The zero-order valence-corrected chi connectivity index (χ0v) is 11.9. The Bertz CT molecular complexity index is 342. The van der Waals surface area contributed by atoms with E-state index in [2.05, 4.69) is 36.1 Å². The summed E-state index contributed by atoms with van der Waals surface area (Å²) in [6.45, 7) is 9.28. The van der Waals surface area contributed by atoms with Crippen LogP contribution in [0.1, 0.15) is 47.0 Å². The molecule has 1 atom stereocenters. The van der Waals surface area contributed by atoms with Gasteiger partial charge in [0.15, 0.2) is 0 Å². The van der Waals surface area contributed by atoms with Gasteiger partial charge in [-0.2, -0.15) is 0 Å². The average Bonchev–Trinajstić information content (AvgIpc) is 2.29. The molecule has 0 saturated heterocycles. The molecule has 1 heterocycles. The van der Waals surface area contributed by atoms with Crippen LogP contribution in [0.3, 0.4) is 0 Å². The van der Waals surface area contributed by atoms with Gasteiger partial charge in [-0.1, -0.05) is 26.7 Å². The van der Waals surface area contributed by atoms with Crippen molar-refractivity contribution < 1.29 is 4.74 Å². The Balaban J connectivity index is 2.38. The van der Waals surface area contributed by atoms with Crippen molar-refractivity contribution in [2.24, 2.45) is 5.92 Å². The molecule has 0 aromatic carbocycles. The van der Waals surface area contributed by atoms with Gasteiger partial charge in [-0.25, -0.2) is 9.97 Å². The number of aromatic nitrogens is 2. The number of rotatable bonds is 8. The minimum atomic E-state index is 0.424. The number of nitrogens with zero attached hydrogens (tertiary/aromatic N) is 2. The Morgan fingerprint density at radius 3 is 2.67 bits per heavy atom. The Labute approximate surface area is 110 Å². The normalized spacial score (nSPS) is 12.5. The molecule has 4 heteroatoms. The van der Waals surface area contributed by atoms with Gasteiger partial charge in [-0.3, -0.25) is 0 Å². The third kappa shape index (κ3) is 5.84. The molecule has 0 aliphatic rings. The molecule has 4 nitrogen and oxygen atoms in total. The Morgan fingerprint density at radius 1 is 1.22 bits per heavy atom. The van der Waals surface area contributed by atoms with Crippen molar-refractivity contribution >= 4 is 5.82 Å². The van der Waals surface area contributed by atoms with Gasteiger partial charge in [-0.15, -0.1) is 0 Å². The molecule has 0 aliphatic heterocycles. The molecule has 0 saturated carbocycles. The van der Waals surface area contributed by atoms with Crippen LogP contribution in [-0.4, -0.2) is 22.6 Å². The molecule has 18 heavy (non-hydrogen) atoms. The van der Waals surface area contributed by atoms with Gasteiger partial charge >= 0.3 is 0 Å². The maximum absolute atomic E-state index is 5.35. The van der Waals surface area contributed by atoms with Crippen LogP contribution in [0.5, 0.6) is 5.88 Å². The Hall–Kier alpha value is -1.32. The first-order chi connectivity index (χ1) is 8.61. The summed E-state index contributed by atoms with van der Waals surface area (Å²) >= 11 is 0. The molecular formula is C14H25N3O. The van der Waals surface area contributed by atoms with Gasteiger partial charge in [0.25, 0.3) is 0 Å². The lowest BCUT2D eigenvalue weighted by Gasteiger charge is -2.15. The quantitative estimate of drug-likeness (QED) is 0.768. The predicted molar refractivity (Wildman–Crippen MR) is 75.0 cm³/mol. The summed E-state index contributed by atoms with van der Waals surface area (Å²) in [5.74, 6) is 2.25. The van der Waals surface area contributed by atoms with Gasteiger partial charge in [0.05, 0.1) is 6.61 Å². The predicted octanol–water partition coefficient (Wildman–Crippen LogP) is 3.50. The Kier molecular flexibility index (Phi) is 6.47. The molecule has 0 radical (unpaired) electrons. The first-order valence-corrected chi connectivity index (χ1v) is 6.83. The van der Waals surface area contributed by atoms with E-state index in [1.54, 1.807) is 0 Å². The molecule has 1 aromatic heterocycles. The Morgan fingerprint density at radius 2 is 2.00 bits per heavy atom.